The number of nitrogens with zero attached hydrogens (tertiary/aromatic N) is 2. The summed E-state index contributed by atoms with van der Waals surface area (Å²) in [5.41, 5.74) is -0.445. The van der Waals surface area contributed by atoms with Crippen LogP contribution in [0.3, 0.4) is 0 Å². The molecule has 8 heteroatoms. The van der Waals surface area contributed by atoms with Crippen molar-refractivity contribution in [3.63, 3.8) is 0 Å². The Morgan fingerprint density at radius 1 is 0.886 bits per heavy atom. The Morgan fingerprint density at radius 3 is 1.77 bits per heavy atom. The van der Waals surface area contributed by atoms with Crippen LogP contribution >= 0.6 is 15.9 Å². The minimum atomic E-state index is -4.53. The summed E-state index contributed by atoms with van der Waals surface area (Å²) in [4.78, 5) is 12.3. The fraction of sp³-hybridized carbons (Fsp3) is 0.852. The third kappa shape index (κ3) is 12.2. The lowest BCUT2D eigenvalue weighted by molar-refractivity contribution is -0.142. The van der Waals surface area contributed by atoms with Crippen molar-refractivity contribution in [1.29, 1.82) is 0 Å². The van der Waals surface area contributed by atoms with E-state index < -0.39 is 11.9 Å². The maximum absolute atomic E-state index is 13.2. The molecular formula is C27H45BrF3N3O. The maximum Gasteiger partial charge on any atom is 0.436 e. The summed E-state index contributed by atoms with van der Waals surface area (Å²) in [5, 5.41) is 6.53. The van der Waals surface area contributed by atoms with Crippen molar-refractivity contribution in [2.75, 3.05) is 6.54 Å². The van der Waals surface area contributed by atoms with Gasteiger partial charge in [-0.25, -0.2) is 0 Å². The molecule has 1 aliphatic carbocycles. The van der Waals surface area contributed by atoms with E-state index in [4.69, 9.17) is 0 Å². The van der Waals surface area contributed by atoms with E-state index in [0.717, 1.165) is 25.7 Å². The second-order valence-corrected chi connectivity index (χ2v) is 10.9. The fourth-order valence-corrected chi connectivity index (χ4v) is 5.43. The summed E-state index contributed by atoms with van der Waals surface area (Å²) in [5.74, 6) is -0.224. The zero-order chi connectivity index (χ0) is 25.5. The zero-order valence-corrected chi connectivity index (χ0v) is 23.1. The number of amides is 1. The third-order valence-electron chi connectivity index (χ3n) is 6.81. The van der Waals surface area contributed by atoms with Crippen LogP contribution in [0.1, 0.15) is 140 Å². The topological polar surface area (TPSA) is 46.9 Å². The van der Waals surface area contributed by atoms with Gasteiger partial charge in [0.15, 0.2) is 5.69 Å². The van der Waals surface area contributed by atoms with Gasteiger partial charge in [-0.1, -0.05) is 103 Å². The van der Waals surface area contributed by atoms with Crippen LogP contribution in [0.15, 0.2) is 4.47 Å². The molecule has 0 bridgehead atoms. The molecule has 1 aromatic rings. The highest BCUT2D eigenvalue weighted by Gasteiger charge is 2.41. The van der Waals surface area contributed by atoms with E-state index >= 15 is 0 Å². The van der Waals surface area contributed by atoms with Crippen molar-refractivity contribution in [1.82, 2.24) is 15.1 Å². The SMILES string of the molecule is CCCCCCCCCCCCCCCCCCNC(=O)Cn1nc(C(F)(F)F)c(Br)c1C1CC1. The standard InChI is InChI=1S/C27H45BrF3N3O/c1-2-3-4-5-6-7-8-9-10-11-12-13-14-15-16-17-20-32-23(35)21-34-25(22-18-19-22)24(28)26(33-34)27(29,30)31/h22H,2-21H2,1H3,(H,32,35). The van der Waals surface area contributed by atoms with E-state index in [1.165, 1.54) is 94.6 Å². The Balaban J connectivity index is 1.45. The van der Waals surface area contributed by atoms with E-state index in [0.29, 0.717) is 12.2 Å². The first kappa shape index (κ1) is 30.2. The summed E-state index contributed by atoms with van der Waals surface area (Å²) >= 11 is 3.06. The van der Waals surface area contributed by atoms with E-state index in [-0.39, 0.29) is 22.8 Å². The van der Waals surface area contributed by atoms with Gasteiger partial charge >= 0.3 is 6.18 Å². The summed E-state index contributed by atoms with van der Waals surface area (Å²) in [7, 11) is 0. The number of nitrogens with one attached hydrogen (secondary N) is 1. The van der Waals surface area contributed by atoms with Crippen LogP contribution < -0.4 is 5.32 Å². The van der Waals surface area contributed by atoms with Crippen LogP contribution in [-0.2, 0) is 17.5 Å². The molecule has 0 spiro atoms. The number of hydrogen-bond acceptors (Lipinski definition) is 2. The van der Waals surface area contributed by atoms with E-state index in [1.54, 1.807) is 0 Å². The number of carbonyl (C=O) groups is 1. The molecule has 2 rings (SSSR count). The predicted octanol–water partition coefficient (Wildman–Crippen LogP) is 8.92. The van der Waals surface area contributed by atoms with Crippen molar-refractivity contribution >= 4 is 21.8 Å². The molecule has 0 radical (unpaired) electrons. The molecule has 0 unspecified atom stereocenters. The van der Waals surface area contributed by atoms with Gasteiger partial charge in [-0.3, -0.25) is 9.48 Å². The van der Waals surface area contributed by atoms with Crippen LogP contribution in [0, 0.1) is 0 Å². The Bertz CT molecular complexity index is 732. The van der Waals surface area contributed by atoms with Gasteiger partial charge in [-0.2, -0.15) is 18.3 Å². The second-order valence-electron chi connectivity index (χ2n) is 10.1. The molecule has 1 aromatic heterocycles. The molecule has 1 aliphatic rings. The van der Waals surface area contributed by atoms with Gasteiger partial charge in [0.1, 0.15) is 6.54 Å². The number of hydrogen-bond donors (Lipinski definition) is 1. The Kier molecular flexibility index (Phi) is 14.4. The van der Waals surface area contributed by atoms with Crippen molar-refractivity contribution in [3.05, 3.63) is 15.9 Å². The van der Waals surface area contributed by atoms with Crippen molar-refractivity contribution in [2.45, 2.75) is 141 Å². The van der Waals surface area contributed by atoms with Crippen molar-refractivity contribution in [2.24, 2.45) is 0 Å². The van der Waals surface area contributed by atoms with Gasteiger partial charge in [0, 0.05) is 12.5 Å². The normalized spacial score (nSPS) is 14.0. The van der Waals surface area contributed by atoms with Crippen LogP contribution in [-0.4, -0.2) is 22.2 Å². The quantitative estimate of drug-likeness (QED) is 0.161. The molecule has 1 fully saturated rings. The first-order chi connectivity index (χ1) is 16.8. The summed E-state index contributed by atoms with van der Waals surface area (Å²) in [6, 6.07) is 0. The number of unbranched alkanes of at least 4 members (excludes halogenated alkanes) is 15. The number of rotatable bonds is 20. The summed E-state index contributed by atoms with van der Waals surface area (Å²) in [6.07, 6.45) is 17.9. The Hall–Kier alpha value is -1.05. The lowest BCUT2D eigenvalue weighted by Gasteiger charge is -2.08. The van der Waals surface area contributed by atoms with Gasteiger partial charge in [0.25, 0.3) is 0 Å². The summed E-state index contributed by atoms with van der Waals surface area (Å²) < 4.78 is 40.8. The van der Waals surface area contributed by atoms with Gasteiger partial charge < -0.3 is 5.32 Å². The van der Waals surface area contributed by atoms with Crippen molar-refractivity contribution in [3.8, 4) is 0 Å². The number of halogens is 4. The van der Waals surface area contributed by atoms with Crippen LogP contribution in [0.5, 0.6) is 0 Å². The molecule has 202 valence electrons. The smallest absolute Gasteiger partial charge is 0.354 e. The molecular weight excluding hydrogens is 519 g/mol. The lowest BCUT2D eigenvalue weighted by atomic mass is 10.0. The van der Waals surface area contributed by atoms with Crippen LogP contribution in [0.2, 0.25) is 0 Å². The van der Waals surface area contributed by atoms with Crippen LogP contribution in [0.4, 0.5) is 13.2 Å². The number of aromatic nitrogens is 2. The van der Waals surface area contributed by atoms with E-state index in [2.05, 4.69) is 33.3 Å². The van der Waals surface area contributed by atoms with Gasteiger partial charge in [0.2, 0.25) is 5.91 Å². The molecule has 4 nitrogen and oxygen atoms in total. The number of carbonyl (C=O) groups excluding carboxylic acids is 1. The first-order valence-corrected chi connectivity index (χ1v) is 14.7. The molecule has 1 amide bonds. The van der Waals surface area contributed by atoms with Crippen LogP contribution in [0.25, 0.3) is 0 Å². The van der Waals surface area contributed by atoms with Gasteiger partial charge in [-0.05, 0) is 35.2 Å². The van der Waals surface area contributed by atoms with E-state index in [1.807, 2.05) is 0 Å². The van der Waals surface area contributed by atoms with Gasteiger partial charge in [0.05, 0.1) is 10.2 Å². The maximum atomic E-state index is 13.2. The molecule has 0 atom stereocenters. The highest BCUT2D eigenvalue weighted by atomic mass is 79.9. The van der Waals surface area contributed by atoms with E-state index in [9.17, 15) is 18.0 Å². The predicted molar refractivity (Wildman–Crippen MR) is 139 cm³/mol. The fourth-order valence-electron chi connectivity index (χ4n) is 4.59. The highest BCUT2D eigenvalue weighted by Crippen LogP contribution is 2.46. The van der Waals surface area contributed by atoms with Gasteiger partial charge in [-0.15, -0.1) is 0 Å². The second kappa shape index (κ2) is 16.6. The molecule has 35 heavy (non-hydrogen) atoms. The van der Waals surface area contributed by atoms with Crippen molar-refractivity contribution < 1.29 is 18.0 Å². The number of alkyl halides is 3. The molecule has 1 heterocycles. The average molecular weight is 565 g/mol. The first-order valence-electron chi connectivity index (χ1n) is 13.9. The highest BCUT2D eigenvalue weighted by molar-refractivity contribution is 9.10. The zero-order valence-electron chi connectivity index (χ0n) is 21.5. The average Bonchev–Trinajstić information content (AvgIpc) is 3.58. The largest absolute Gasteiger partial charge is 0.436 e. The molecule has 0 aromatic carbocycles. The summed E-state index contributed by atoms with van der Waals surface area (Å²) in [6.45, 7) is 2.65. The molecule has 0 aliphatic heterocycles. The Morgan fingerprint density at radius 2 is 1.34 bits per heavy atom. The third-order valence-corrected chi connectivity index (χ3v) is 7.59. The molecule has 0 saturated heterocycles. The lowest BCUT2D eigenvalue weighted by Crippen LogP contribution is -2.29. The monoisotopic (exact) mass is 563 g/mol. The molecule has 1 N–H and O–H groups in total. The molecule has 1 saturated carbocycles. The minimum absolute atomic E-state index is 0.0156. The minimum Gasteiger partial charge on any atom is -0.354 e. The Labute approximate surface area is 218 Å².